The molecule has 0 aromatic heterocycles. The first kappa shape index (κ1) is 32.1. The lowest BCUT2D eigenvalue weighted by Crippen LogP contribution is -2.63. The van der Waals surface area contributed by atoms with Crippen LogP contribution in [0.3, 0.4) is 0 Å². The number of carbonyl (C=O) groups is 3. The Labute approximate surface area is 257 Å². The van der Waals surface area contributed by atoms with Crippen molar-refractivity contribution >= 4 is 17.5 Å². The van der Waals surface area contributed by atoms with E-state index in [1.165, 1.54) is 36.6 Å². The van der Waals surface area contributed by atoms with Crippen LogP contribution in [0.4, 0.5) is 4.39 Å². The minimum absolute atomic E-state index is 0.0315. The van der Waals surface area contributed by atoms with Gasteiger partial charge in [0.25, 0.3) is 5.91 Å². The number of likely N-dealkylation sites (N-methyl/N-ethyl adjacent to an activating group) is 1. The zero-order valence-corrected chi connectivity index (χ0v) is 25.7. The van der Waals surface area contributed by atoms with Crippen LogP contribution in [-0.4, -0.2) is 86.5 Å². The number of phenolic OH excluding ortho intramolecular Hbond substituents is 1. The van der Waals surface area contributed by atoms with Crippen molar-refractivity contribution in [1.82, 2.24) is 9.80 Å². The van der Waals surface area contributed by atoms with Crippen molar-refractivity contribution in [1.29, 1.82) is 0 Å². The van der Waals surface area contributed by atoms with Gasteiger partial charge in [0.2, 0.25) is 5.78 Å². The zero-order chi connectivity index (χ0) is 32.1. The summed E-state index contributed by atoms with van der Waals surface area (Å²) in [6.45, 7) is 3.94. The fourth-order valence-electron chi connectivity index (χ4n) is 8.17. The Morgan fingerprint density at radius 2 is 1.77 bits per heavy atom. The lowest BCUT2D eigenvalue weighted by Gasteiger charge is -2.50. The van der Waals surface area contributed by atoms with Crippen LogP contribution in [0, 0.1) is 23.6 Å². The summed E-state index contributed by atoms with van der Waals surface area (Å²) in [5, 5.41) is 45.1. The van der Waals surface area contributed by atoms with E-state index in [-0.39, 0.29) is 41.6 Å². The standard InChI is InChI=1S/C33H44FN3O7/c1-4-11-37(15-17-9-7-5-6-8-10-17)16-19-14-22(38)24-20(26(19)34)12-18-13-21-27(36(2)3)29(40)25(32(35)43)31(42)33(21,44)30(41)23(18)28(24)39/h14,17-18,21,27,38,40-41,44H,4-13,15-16H2,1-3H3,(H2,35,43)/t18-,21-,27-,33-/m0/s1. The number of ketones is 2. The zero-order valence-electron chi connectivity index (χ0n) is 25.7. The van der Waals surface area contributed by atoms with Gasteiger partial charge in [-0.1, -0.05) is 32.6 Å². The number of aromatic hydroxyl groups is 1. The number of nitrogens with zero attached hydrogens (tertiary/aromatic N) is 2. The molecule has 0 bridgehead atoms. The van der Waals surface area contributed by atoms with Crippen molar-refractivity contribution in [3.05, 3.63) is 51.2 Å². The van der Waals surface area contributed by atoms with Crippen molar-refractivity contribution in [3.8, 4) is 5.75 Å². The predicted molar refractivity (Wildman–Crippen MR) is 160 cm³/mol. The molecule has 4 aliphatic carbocycles. The molecule has 5 rings (SSSR count). The minimum atomic E-state index is -2.72. The van der Waals surface area contributed by atoms with Gasteiger partial charge in [0, 0.05) is 35.7 Å². The monoisotopic (exact) mass is 613 g/mol. The van der Waals surface area contributed by atoms with Crippen LogP contribution in [0.15, 0.2) is 28.7 Å². The van der Waals surface area contributed by atoms with Crippen LogP contribution in [0.1, 0.15) is 79.8 Å². The number of hydrogen-bond acceptors (Lipinski definition) is 9. The number of aliphatic hydroxyl groups excluding tert-OH is 2. The van der Waals surface area contributed by atoms with Gasteiger partial charge in [-0.05, 0) is 70.6 Å². The fourth-order valence-corrected chi connectivity index (χ4v) is 8.17. The molecule has 44 heavy (non-hydrogen) atoms. The molecule has 0 spiro atoms. The molecule has 0 saturated heterocycles. The quantitative estimate of drug-likeness (QED) is 0.218. The highest BCUT2D eigenvalue weighted by molar-refractivity contribution is 6.24. The van der Waals surface area contributed by atoms with Gasteiger partial charge in [-0.25, -0.2) is 4.39 Å². The van der Waals surface area contributed by atoms with Crippen molar-refractivity contribution in [2.24, 2.45) is 23.5 Å². The number of primary amides is 1. The normalized spacial score (nSPS) is 27.8. The highest BCUT2D eigenvalue weighted by Gasteiger charge is 2.63. The lowest BCUT2D eigenvalue weighted by atomic mass is 9.58. The number of carbonyl (C=O) groups excluding carboxylic acids is 3. The van der Waals surface area contributed by atoms with Crippen molar-refractivity contribution in [3.63, 3.8) is 0 Å². The largest absolute Gasteiger partial charge is 0.510 e. The number of phenols is 1. The first-order valence-electron chi connectivity index (χ1n) is 15.7. The molecule has 0 aliphatic heterocycles. The van der Waals surface area contributed by atoms with E-state index in [4.69, 9.17) is 5.73 Å². The first-order chi connectivity index (χ1) is 20.8. The Hall–Kier alpha value is -3.28. The van der Waals surface area contributed by atoms with Gasteiger partial charge < -0.3 is 26.2 Å². The van der Waals surface area contributed by atoms with Crippen LogP contribution < -0.4 is 5.73 Å². The number of benzene rings is 1. The molecule has 4 atom stereocenters. The molecule has 11 heteroatoms. The summed E-state index contributed by atoms with van der Waals surface area (Å²) in [6.07, 6.45) is 7.87. The van der Waals surface area contributed by atoms with Crippen LogP contribution >= 0.6 is 0 Å². The summed E-state index contributed by atoms with van der Waals surface area (Å²) in [5.74, 6) is -7.54. The van der Waals surface area contributed by atoms with E-state index in [1.807, 2.05) is 0 Å². The summed E-state index contributed by atoms with van der Waals surface area (Å²) in [4.78, 5) is 43.1. The molecule has 1 aromatic carbocycles. The second-order valence-corrected chi connectivity index (χ2v) is 13.3. The molecule has 1 amide bonds. The maximum Gasteiger partial charge on any atom is 0.255 e. The van der Waals surface area contributed by atoms with Crippen molar-refractivity contribution in [2.75, 3.05) is 27.2 Å². The highest BCUT2D eigenvalue weighted by atomic mass is 19.1. The molecule has 4 aliphatic rings. The van der Waals surface area contributed by atoms with Gasteiger partial charge in [0.1, 0.15) is 28.7 Å². The second-order valence-electron chi connectivity index (χ2n) is 13.3. The Kier molecular flexibility index (Phi) is 8.94. The van der Waals surface area contributed by atoms with E-state index in [1.54, 1.807) is 14.1 Å². The van der Waals surface area contributed by atoms with Gasteiger partial charge in [0.15, 0.2) is 11.4 Å². The smallest absolute Gasteiger partial charge is 0.255 e. The van der Waals surface area contributed by atoms with Crippen molar-refractivity contribution < 1.29 is 39.2 Å². The molecule has 6 N–H and O–H groups in total. The molecule has 0 heterocycles. The number of rotatable bonds is 8. The van der Waals surface area contributed by atoms with E-state index in [9.17, 15) is 34.8 Å². The molecule has 1 aromatic rings. The second kappa shape index (κ2) is 12.3. The third-order valence-corrected chi connectivity index (χ3v) is 10.2. The topological polar surface area (TPSA) is 165 Å². The van der Waals surface area contributed by atoms with E-state index < -0.39 is 69.6 Å². The van der Waals surface area contributed by atoms with Gasteiger partial charge in [-0.15, -0.1) is 0 Å². The summed E-state index contributed by atoms with van der Waals surface area (Å²) in [6, 6.07) is 0.163. The number of hydrogen-bond donors (Lipinski definition) is 5. The van der Waals surface area contributed by atoms with Crippen LogP contribution in [0.2, 0.25) is 0 Å². The number of fused-ring (bicyclic) bond motifs is 3. The predicted octanol–water partition coefficient (Wildman–Crippen LogP) is 3.44. The lowest BCUT2D eigenvalue weighted by molar-refractivity contribution is -0.148. The van der Waals surface area contributed by atoms with Gasteiger partial charge in [-0.3, -0.25) is 24.2 Å². The average molecular weight is 614 g/mol. The third kappa shape index (κ3) is 5.22. The Morgan fingerprint density at radius 3 is 2.36 bits per heavy atom. The summed E-state index contributed by atoms with van der Waals surface area (Å²) >= 11 is 0. The van der Waals surface area contributed by atoms with E-state index >= 15 is 4.39 Å². The molecule has 1 saturated carbocycles. The Balaban J connectivity index is 1.53. The van der Waals surface area contributed by atoms with Gasteiger partial charge in [-0.2, -0.15) is 0 Å². The number of Topliss-reactive ketones (excluding diaryl/α,β-unsaturated/α-hetero) is 2. The van der Waals surface area contributed by atoms with Gasteiger partial charge in [0.05, 0.1) is 11.6 Å². The summed E-state index contributed by atoms with van der Waals surface area (Å²) < 4.78 is 16.3. The van der Waals surface area contributed by atoms with Crippen molar-refractivity contribution in [2.45, 2.75) is 82.9 Å². The third-order valence-electron chi connectivity index (χ3n) is 10.2. The molecule has 1 fully saturated rings. The van der Waals surface area contributed by atoms with E-state index in [0.717, 1.165) is 32.4 Å². The number of nitrogens with two attached hydrogens (primary N) is 1. The Bertz CT molecular complexity index is 1430. The maximum atomic E-state index is 16.3. The molecule has 0 unspecified atom stereocenters. The number of aliphatic hydroxyl groups is 3. The summed E-state index contributed by atoms with van der Waals surface area (Å²) in [7, 11) is 3.13. The van der Waals surface area contributed by atoms with E-state index in [0.29, 0.717) is 5.92 Å². The van der Waals surface area contributed by atoms with E-state index in [2.05, 4.69) is 11.8 Å². The minimum Gasteiger partial charge on any atom is -0.510 e. The average Bonchev–Trinajstić information content (AvgIpc) is 3.21. The SMILES string of the molecule is CCCN(Cc1cc(O)c2c(c1F)C[C@H]1C[C@H]3[C@H](N(C)C)C(O)=C(C(N)=O)C(=O)[C@@]3(O)C(O)=C1C2=O)CC1CCCCCC1. The van der Waals surface area contributed by atoms with Crippen LogP contribution in [-0.2, 0) is 22.6 Å². The van der Waals surface area contributed by atoms with Crippen LogP contribution in [0.5, 0.6) is 5.75 Å². The fraction of sp³-hybridized carbons (Fsp3) is 0.606. The number of amides is 1. The molecular formula is C33H44FN3O7. The maximum absolute atomic E-state index is 16.3. The Morgan fingerprint density at radius 1 is 1.11 bits per heavy atom. The molecule has 10 nitrogen and oxygen atoms in total. The molecule has 240 valence electrons. The van der Waals surface area contributed by atoms with Crippen LogP contribution in [0.25, 0.3) is 0 Å². The highest BCUT2D eigenvalue weighted by Crippen LogP contribution is 2.52. The number of allylic oxidation sites excluding steroid dienone is 1. The molecule has 0 radical (unpaired) electrons. The number of halogens is 1. The molecular weight excluding hydrogens is 569 g/mol. The first-order valence-corrected chi connectivity index (χ1v) is 15.7. The summed E-state index contributed by atoms with van der Waals surface area (Å²) in [5.41, 5.74) is 1.49. The van der Waals surface area contributed by atoms with Gasteiger partial charge >= 0.3 is 0 Å².